The van der Waals surface area contributed by atoms with Crippen molar-refractivity contribution in [3.63, 3.8) is 0 Å². The second kappa shape index (κ2) is 2.73. The molecule has 1 heterocycles. The number of nitrogens with two attached hydrogens (primary N) is 1. The molecule has 0 aromatic rings. The molecule has 0 bridgehead atoms. The van der Waals surface area contributed by atoms with Gasteiger partial charge in [0.05, 0.1) is 18.1 Å². The van der Waals surface area contributed by atoms with Gasteiger partial charge in [0, 0.05) is 5.54 Å². The zero-order valence-corrected chi connectivity index (χ0v) is 7.10. The molecule has 11 heavy (non-hydrogen) atoms. The molecule has 3 N–H and O–H groups in total. The standard InChI is InChI=1S/C6H13NO3S/c7-6(5-8)1-3-11(9,10)4-2-6/h8H,1-5,7H2. The third-order valence-electron chi connectivity index (χ3n) is 2.14. The van der Waals surface area contributed by atoms with Crippen LogP contribution in [-0.2, 0) is 9.84 Å². The zero-order valence-electron chi connectivity index (χ0n) is 6.28. The summed E-state index contributed by atoms with van der Waals surface area (Å²) >= 11 is 0. The molecule has 0 aromatic carbocycles. The van der Waals surface area contributed by atoms with Gasteiger partial charge in [-0.1, -0.05) is 0 Å². The van der Waals surface area contributed by atoms with E-state index in [1.807, 2.05) is 0 Å². The van der Waals surface area contributed by atoms with Crippen LogP contribution in [0, 0.1) is 0 Å². The maximum atomic E-state index is 10.9. The van der Waals surface area contributed by atoms with Crippen LogP contribution < -0.4 is 5.73 Å². The molecule has 4 nitrogen and oxygen atoms in total. The minimum atomic E-state index is -2.86. The molecular formula is C6H13NO3S. The van der Waals surface area contributed by atoms with Crippen LogP contribution in [0.4, 0.5) is 0 Å². The highest BCUT2D eigenvalue weighted by Crippen LogP contribution is 2.20. The zero-order chi connectivity index (χ0) is 8.54. The summed E-state index contributed by atoms with van der Waals surface area (Å²) in [4.78, 5) is 0. The summed E-state index contributed by atoms with van der Waals surface area (Å²) < 4.78 is 21.8. The van der Waals surface area contributed by atoms with Crippen molar-refractivity contribution in [2.75, 3.05) is 18.1 Å². The summed E-state index contributed by atoms with van der Waals surface area (Å²) in [5.74, 6) is 0.230. The summed E-state index contributed by atoms with van der Waals surface area (Å²) in [6, 6.07) is 0. The molecule has 0 amide bonds. The van der Waals surface area contributed by atoms with Gasteiger partial charge >= 0.3 is 0 Å². The Morgan fingerprint density at radius 3 is 2.18 bits per heavy atom. The summed E-state index contributed by atoms with van der Waals surface area (Å²) in [5, 5.41) is 8.80. The number of aliphatic hydroxyl groups is 1. The van der Waals surface area contributed by atoms with Crippen molar-refractivity contribution in [2.45, 2.75) is 18.4 Å². The number of hydrogen-bond acceptors (Lipinski definition) is 4. The molecule has 0 unspecified atom stereocenters. The van der Waals surface area contributed by atoms with Gasteiger partial charge in [0.2, 0.25) is 0 Å². The Morgan fingerprint density at radius 1 is 1.36 bits per heavy atom. The van der Waals surface area contributed by atoms with E-state index in [2.05, 4.69) is 0 Å². The van der Waals surface area contributed by atoms with Gasteiger partial charge in [0.25, 0.3) is 0 Å². The predicted octanol–water partition coefficient (Wildman–Crippen LogP) is -1.12. The highest BCUT2D eigenvalue weighted by molar-refractivity contribution is 7.91. The molecule has 1 fully saturated rings. The van der Waals surface area contributed by atoms with Gasteiger partial charge in [-0.3, -0.25) is 0 Å². The Bertz CT molecular complexity index is 220. The van der Waals surface area contributed by atoms with Crippen molar-refractivity contribution in [3.05, 3.63) is 0 Å². The minimum absolute atomic E-state index is 0.115. The van der Waals surface area contributed by atoms with E-state index in [4.69, 9.17) is 10.8 Å². The lowest BCUT2D eigenvalue weighted by molar-refractivity contribution is 0.185. The van der Waals surface area contributed by atoms with Crippen molar-refractivity contribution in [2.24, 2.45) is 5.73 Å². The van der Waals surface area contributed by atoms with Crippen molar-refractivity contribution < 1.29 is 13.5 Å². The summed E-state index contributed by atoms with van der Waals surface area (Å²) in [6.07, 6.45) is 0.762. The first kappa shape index (κ1) is 8.96. The van der Waals surface area contributed by atoms with E-state index in [1.54, 1.807) is 0 Å². The Kier molecular flexibility index (Phi) is 2.22. The van der Waals surface area contributed by atoms with Gasteiger partial charge in [-0.2, -0.15) is 0 Å². The molecule has 1 aliphatic heterocycles. The van der Waals surface area contributed by atoms with Crippen molar-refractivity contribution in [3.8, 4) is 0 Å². The van der Waals surface area contributed by atoms with Gasteiger partial charge in [-0.05, 0) is 12.8 Å². The van der Waals surface area contributed by atoms with Gasteiger partial charge in [-0.15, -0.1) is 0 Å². The molecular weight excluding hydrogens is 166 g/mol. The normalized spacial score (nSPS) is 28.2. The fourth-order valence-electron chi connectivity index (χ4n) is 1.10. The van der Waals surface area contributed by atoms with Crippen molar-refractivity contribution >= 4 is 9.84 Å². The van der Waals surface area contributed by atoms with Gasteiger partial charge in [0.1, 0.15) is 9.84 Å². The van der Waals surface area contributed by atoms with Crippen LogP contribution in [0.15, 0.2) is 0 Å². The van der Waals surface area contributed by atoms with E-state index >= 15 is 0 Å². The van der Waals surface area contributed by atoms with Gasteiger partial charge < -0.3 is 10.8 Å². The molecule has 1 rings (SSSR count). The lowest BCUT2D eigenvalue weighted by atomic mass is 9.95. The van der Waals surface area contributed by atoms with Crippen LogP contribution >= 0.6 is 0 Å². The second-order valence-electron chi connectivity index (χ2n) is 3.17. The average Bonchev–Trinajstić information content (AvgIpc) is 1.97. The summed E-state index contributed by atoms with van der Waals surface area (Å²) in [6.45, 7) is -0.122. The number of hydrogen-bond donors (Lipinski definition) is 2. The monoisotopic (exact) mass is 179 g/mol. The van der Waals surface area contributed by atoms with Crippen LogP contribution in [0.1, 0.15) is 12.8 Å². The maximum absolute atomic E-state index is 10.9. The quantitative estimate of drug-likeness (QED) is 0.534. The van der Waals surface area contributed by atoms with E-state index < -0.39 is 15.4 Å². The Labute approximate surface area is 66.3 Å². The van der Waals surface area contributed by atoms with E-state index in [9.17, 15) is 8.42 Å². The van der Waals surface area contributed by atoms with Crippen LogP contribution in [0.5, 0.6) is 0 Å². The lowest BCUT2D eigenvalue weighted by Gasteiger charge is -2.30. The highest BCUT2D eigenvalue weighted by atomic mass is 32.2. The molecule has 0 aromatic heterocycles. The number of aliphatic hydroxyl groups excluding tert-OH is 1. The number of rotatable bonds is 1. The van der Waals surface area contributed by atoms with Crippen LogP contribution in [0.25, 0.3) is 0 Å². The molecule has 1 saturated heterocycles. The molecule has 0 aliphatic carbocycles. The molecule has 1 aliphatic rings. The fourth-order valence-corrected chi connectivity index (χ4v) is 2.74. The molecule has 66 valence electrons. The topological polar surface area (TPSA) is 80.4 Å². The summed E-state index contributed by atoms with van der Waals surface area (Å²) in [7, 11) is -2.86. The third-order valence-corrected chi connectivity index (χ3v) is 3.79. The van der Waals surface area contributed by atoms with E-state index in [-0.39, 0.29) is 18.1 Å². The second-order valence-corrected chi connectivity index (χ2v) is 5.48. The van der Waals surface area contributed by atoms with Crippen LogP contribution in [0.2, 0.25) is 0 Å². The molecule has 0 spiro atoms. The molecule has 0 atom stereocenters. The lowest BCUT2D eigenvalue weighted by Crippen LogP contribution is -2.49. The summed E-state index contributed by atoms with van der Waals surface area (Å²) in [5.41, 5.74) is 5.02. The minimum Gasteiger partial charge on any atom is -0.394 e. The average molecular weight is 179 g/mol. The van der Waals surface area contributed by atoms with E-state index in [0.29, 0.717) is 12.8 Å². The van der Waals surface area contributed by atoms with Crippen LogP contribution in [-0.4, -0.2) is 37.2 Å². The first-order chi connectivity index (χ1) is 4.97. The number of sulfone groups is 1. The van der Waals surface area contributed by atoms with Crippen molar-refractivity contribution in [1.29, 1.82) is 0 Å². The first-order valence-corrected chi connectivity index (χ1v) is 5.40. The fraction of sp³-hybridized carbons (Fsp3) is 1.00. The largest absolute Gasteiger partial charge is 0.394 e. The Morgan fingerprint density at radius 2 is 1.82 bits per heavy atom. The third kappa shape index (κ3) is 2.15. The Balaban J connectivity index is 2.62. The molecule has 0 radical (unpaired) electrons. The van der Waals surface area contributed by atoms with Gasteiger partial charge in [0.15, 0.2) is 0 Å². The van der Waals surface area contributed by atoms with Crippen molar-refractivity contribution in [1.82, 2.24) is 0 Å². The van der Waals surface area contributed by atoms with E-state index in [1.165, 1.54) is 0 Å². The smallest absolute Gasteiger partial charge is 0.150 e. The molecule has 5 heteroatoms. The predicted molar refractivity (Wildman–Crippen MR) is 41.9 cm³/mol. The Hall–Kier alpha value is -0.130. The van der Waals surface area contributed by atoms with Gasteiger partial charge in [-0.25, -0.2) is 8.42 Å². The van der Waals surface area contributed by atoms with E-state index in [0.717, 1.165) is 0 Å². The maximum Gasteiger partial charge on any atom is 0.150 e. The molecule has 0 saturated carbocycles. The first-order valence-electron chi connectivity index (χ1n) is 3.58. The van der Waals surface area contributed by atoms with Crippen LogP contribution in [0.3, 0.4) is 0 Å². The highest BCUT2D eigenvalue weighted by Gasteiger charge is 2.32. The SMILES string of the molecule is NC1(CO)CCS(=O)(=O)CC1.